The maximum Gasteiger partial charge on any atom is 0.314 e. The number of urea groups is 1. The molecule has 130 valence electrons. The Labute approximate surface area is 147 Å². The minimum atomic E-state index is -0.108. The number of nitrogens with one attached hydrogen (secondary N) is 2. The van der Waals surface area contributed by atoms with Gasteiger partial charge in [-0.15, -0.1) is 0 Å². The van der Waals surface area contributed by atoms with Crippen LogP contribution < -0.4 is 20.1 Å². The molecule has 2 aromatic rings. The van der Waals surface area contributed by atoms with E-state index in [4.69, 9.17) is 9.47 Å². The van der Waals surface area contributed by atoms with E-state index in [1.165, 1.54) is 5.56 Å². The first-order chi connectivity index (χ1) is 12.3. The Bertz CT molecular complexity index is 757. The molecule has 2 N–H and O–H groups in total. The van der Waals surface area contributed by atoms with Crippen molar-refractivity contribution in [1.29, 1.82) is 0 Å². The number of carbonyl (C=O) groups excluding carboxylic acids is 1. The Balaban J connectivity index is 1.22. The van der Waals surface area contributed by atoms with E-state index in [0.717, 1.165) is 36.3 Å². The third-order valence-electron chi connectivity index (χ3n) is 4.96. The van der Waals surface area contributed by atoms with Crippen molar-refractivity contribution in [3.8, 4) is 11.5 Å². The summed E-state index contributed by atoms with van der Waals surface area (Å²) in [6.07, 6.45) is 3.02. The van der Waals surface area contributed by atoms with Crippen LogP contribution in [0.5, 0.6) is 11.5 Å². The highest BCUT2D eigenvalue weighted by molar-refractivity contribution is 5.74. The summed E-state index contributed by atoms with van der Waals surface area (Å²) in [5.74, 6) is 1.56. The van der Waals surface area contributed by atoms with E-state index in [0.29, 0.717) is 13.1 Å². The number of rotatable bonds is 6. The predicted molar refractivity (Wildman–Crippen MR) is 95.0 cm³/mol. The van der Waals surface area contributed by atoms with Gasteiger partial charge in [0.05, 0.1) is 0 Å². The Hall–Kier alpha value is -2.69. The molecule has 2 amide bonds. The van der Waals surface area contributed by atoms with Crippen molar-refractivity contribution in [2.24, 2.45) is 0 Å². The number of hydrogen-bond acceptors (Lipinski definition) is 3. The van der Waals surface area contributed by atoms with Crippen LogP contribution in [0.25, 0.3) is 0 Å². The molecule has 2 aliphatic rings. The molecule has 2 aromatic carbocycles. The molecule has 4 rings (SSSR count). The maximum absolute atomic E-state index is 12.1. The first-order valence-electron chi connectivity index (χ1n) is 8.71. The van der Waals surface area contributed by atoms with Gasteiger partial charge in [-0.05, 0) is 42.5 Å². The normalized spacial score (nSPS) is 16.3. The molecule has 0 spiro atoms. The summed E-state index contributed by atoms with van der Waals surface area (Å²) in [7, 11) is 0. The molecule has 1 saturated carbocycles. The summed E-state index contributed by atoms with van der Waals surface area (Å²) in [5, 5.41) is 5.95. The van der Waals surface area contributed by atoms with Crippen molar-refractivity contribution in [1.82, 2.24) is 10.6 Å². The van der Waals surface area contributed by atoms with E-state index >= 15 is 0 Å². The Kier molecular flexibility index (Phi) is 4.22. The second-order valence-corrected chi connectivity index (χ2v) is 6.69. The molecule has 1 fully saturated rings. The topological polar surface area (TPSA) is 59.6 Å². The average Bonchev–Trinajstić information content (AvgIpc) is 3.30. The van der Waals surface area contributed by atoms with Crippen LogP contribution in [0, 0.1) is 0 Å². The second-order valence-electron chi connectivity index (χ2n) is 6.69. The summed E-state index contributed by atoms with van der Waals surface area (Å²) in [6.45, 7) is 1.55. The lowest BCUT2D eigenvalue weighted by atomic mass is 9.96. The Morgan fingerprint density at radius 2 is 1.80 bits per heavy atom. The monoisotopic (exact) mass is 338 g/mol. The minimum Gasteiger partial charge on any atom is -0.454 e. The molecule has 1 aliphatic heterocycles. The van der Waals surface area contributed by atoms with Gasteiger partial charge < -0.3 is 20.1 Å². The first-order valence-corrected chi connectivity index (χ1v) is 8.71. The molecule has 0 unspecified atom stereocenters. The van der Waals surface area contributed by atoms with Crippen LogP contribution in [0.15, 0.2) is 48.5 Å². The summed E-state index contributed by atoms with van der Waals surface area (Å²) in [4.78, 5) is 12.1. The van der Waals surface area contributed by atoms with Gasteiger partial charge in [-0.25, -0.2) is 4.79 Å². The third-order valence-corrected chi connectivity index (χ3v) is 4.96. The van der Waals surface area contributed by atoms with E-state index < -0.39 is 0 Å². The highest BCUT2D eigenvalue weighted by atomic mass is 16.7. The lowest BCUT2D eigenvalue weighted by Crippen LogP contribution is -2.40. The molecule has 0 aromatic heterocycles. The number of carbonyl (C=O) groups is 1. The van der Waals surface area contributed by atoms with Crippen LogP contribution in [-0.2, 0) is 11.8 Å². The van der Waals surface area contributed by atoms with Gasteiger partial charge in [0, 0.05) is 18.5 Å². The number of hydrogen-bond donors (Lipinski definition) is 2. The Morgan fingerprint density at radius 3 is 2.60 bits per heavy atom. The summed E-state index contributed by atoms with van der Waals surface area (Å²) in [6, 6.07) is 16.2. The maximum atomic E-state index is 12.1. The SMILES string of the molecule is O=C(NCCc1ccc2c(c1)OCO2)NCC1(c2ccccc2)CC1. The lowest BCUT2D eigenvalue weighted by Gasteiger charge is -2.17. The Morgan fingerprint density at radius 1 is 1.00 bits per heavy atom. The smallest absolute Gasteiger partial charge is 0.314 e. The molecule has 5 nitrogen and oxygen atoms in total. The van der Waals surface area contributed by atoms with Gasteiger partial charge in [-0.3, -0.25) is 0 Å². The van der Waals surface area contributed by atoms with E-state index in [9.17, 15) is 4.79 Å². The van der Waals surface area contributed by atoms with Crippen molar-refractivity contribution in [2.45, 2.75) is 24.7 Å². The van der Waals surface area contributed by atoms with Crippen molar-refractivity contribution < 1.29 is 14.3 Å². The zero-order valence-electron chi connectivity index (χ0n) is 14.1. The quantitative estimate of drug-likeness (QED) is 0.851. The van der Waals surface area contributed by atoms with Crippen molar-refractivity contribution in [2.75, 3.05) is 19.9 Å². The van der Waals surface area contributed by atoms with Crippen LogP contribution >= 0.6 is 0 Å². The summed E-state index contributed by atoms with van der Waals surface area (Å²) >= 11 is 0. The number of ether oxygens (including phenoxy) is 2. The summed E-state index contributed by atoms with van der Waals surface area (Å²) < 4.78 is 10.7. The highest BCUT2D eigenvalue weighted by Gasteiger charge is 2.44. The largest absolute Gasteiger partial charge is 0.454 e. The van der Waals surface area contributed by atoms with Crippen LogP contribution in [0.4, 0.5) is 4.79 Å². The molecular weight excluding hydrogens is 316 g/mol. The minimum absolute atomic E-state index is 0.108. The second kappa shape index (κ2) is 6.67. The zero-order valence-corrected chi connectivity index (χ0v) is 14.1. The van der Waals surface area contributed by atoms with Gasteiger partial charge in [-0.1, -0.05) is 36.4 Å². The fourth-order valence-electron chi connectivity index (χ4n) is 3.24. The fraction of sp³-hybridized carbons (Fsp3) is 0.350. The van der Waals surface area contributed by atoms with E-state index in [-0.39, 0.29) is 18.2 Å². The molecule has 1 aliphatic carbocycles. The first kappa shape index (κ1) is 15.8. The van der Waals surface area contributed by atoms with E-state index in [1.807, 2.05) is 24.3 Å². The van der Waals surface area contributed by atoms with Crippen LogP contribution in [-0.4, -0.2) is 25.9 Å². The molecule has 0 bridgehead atoms. The molecule has 0 saturated heterocycles. The fourth-order valence-corrected chi connectivity index (χ4v) is 3.24. The molecule has 25 heavy (non-hydrogen) atoms. The molecule has 0 radical (unpaired) electrons. The standard InChI is InChI=1S/C20H22N2O3/c23-19(22-13-20(9-10-20)16-4-2-1-3-5-16)21-11-8-15-6-7-17-18(12-15)25-14-24-17/h1-7,12H,8-11,13-14H2,(H2,21,22,23). The van der Waals surface area contributed by atoms with Gasteiger partial charge in [0.25, 0.3) is 0 Å². The van der Waals surface area contributed by atoms with Gasteiger partial charge in [0.2, 0.25) is 6.79 Å². The van der Waals surface area contributed by atoms with E-state index in [2.05, 4.69) is 34.9 Å². The van der Waals surface area contributed by atoms with Gasteiger partial charge >= 0.3 is 6.03 Å². The number of benzene rings is 2. The summed E-state index contributed by atoms with van der Waals surface area (Å²) in [5.41, 5.74) is 2.57. The average molecular weight is 338 g/mol. The predicted octanol–water partition coefficient (Wildman–Crippen LogP) is 2.99. The number of amides is 2. The van der Waals surface area contributed by atoms with Gasteiger partial charge in [-0.2, -0.15) is 0 Å². The van der Waals surface area contributed by atoms with Gasteiger partial charge in [0.1, 0.15) is 0 Å². The zero-order chi connectivity index (χ0) is 17.1. The lowest BCUT2D eigenvalue weighted by molar-refractivity contribution is 0.174. The van der Waals surface area contributed by atoms with Crippen molar-refractivity contribution in [3.05, 3.63) is 59.7 Å². The van der Waals surface area contributed by atoms with Crippen LogP contribution in [0.1, 0.15) is 24.0 Å². The van der Waals surface area contributed by atoms with Gasteiger partial charge in [0.15, 0.2) is 11.5 Å². The number of fused-ring (bicyclic) bond motifs is 1. The van der Waals surface area contributed by atoms with E-state index in [1.54, 1.807) is 0 Å². The van der Waals surface area contributed by atoms with Crippen molar-refractivity contribution in [3.63, 3.8) is 0 Å². The van der Waals surface area contributed by atoms with Crippen LogP contribution in [0.2, 0.25) is 0 Å². The molecule has 5 heteroatoms. The molecule has 0 atom stereocenters. The molecular formula is C20H22N2O3. The molecule has 1 heterocycles. The highest BCUT2D eigenvalue weighted by Crippen LogP contribution is 2.47. The third kappa shape index (κ3) is 3.55. The van der Waals surface area contributed by atoms with Crippen molar-refractivity contribution >= 4 is 6.03 Å². The van der Waals surface area contributed by atoms with Crippen LogP contribution in [0.3, 0.4) is 0 Å².